The van der Waals surface area contributed by atoms with Gasteiger partial charge in [-0.3, -0.25) is 4.79 Å². The molecule has 12 heteroatoms. The van der Waals surface area contributed by atoms with Crippen molar-refractivity contribution >= 4 is 39.1 Å². The van der Waals surface area contributed by atoms with Gasteiger partial charge in [0.15, 0.2) is 5.69 Å². The fraction of sp³-hybridized carbons (Fsp3) is 0.375. The molecule has 1 amide bonds. The predicted octanol–water partition coefficient (Wildman–Crippen LogP) is 4.21. The molecule has 1 fully saturated rings. The molecule has 3 rings (SSSR count). The van der Waals surface area contributed by atoms with Gasteiger partial charge in [0, 0.05) is 11.1 Å². The number of carbonyl (C=O) groups is 1. The number of sulfonamides is 1. The van der Waals surface area contributed by atoms with Gasteiger partial charge in [0.25, 0.3) is 15.9 Å². The Labute approximate surface area is 168 Å². The van der Waals surface area contributed by atoms with Gasteiger partial charge in [-0.05, 0) is 31.0 Å². The highest BCUT2D eigenvalue weighted by molar-refractivity contribution is 7.90. The number of hydrogen-bond donors (Lipinski definition) is 1. The number of halogens is 5. The fourth-order valence-electron chi connectivity index (χ4n) is 3.25. The number of amides is 1. The van der Waals surface area contributed by atoms with Gasteiger partial charge in [0.1, 0.15) is 5.15 Å². The average molecular weight is 456 g/mol. The third-order valence-corrected chi connectivity index (χ3v) is 6.48. The van der Waals surface area contributed by atoms with Crippen molar-refractivity contribution in [3.05, 3.63) is 46.5 Å². The van der Waals surface area contributed by atoms with Crippen LogP contribution >= 0.6 is 23.2 Å². The lowest BCUT2D eigenvalue weighted by molar-refractivity contribution is -0.181. The maximum atomic E-state index is 13.2. The third-order valence-electron chi connectivity index (χ3n) is 4.54. The Morgan fingerprint density at radius 3 is 2.61 bits per heavy atom. The van der Waals surface area contributed by atoms with Gasteiger partial charge in [-0.15, -0.1) is 0 Å². The maximum Gasteiger partial charge on any atom is 0.393 e. The number of alkyl halides is 3. The van der Waals surface area contributed by atoms with Crippen LogP contribution in [0.4, 0.5) is 13.2 Å². The highest BCUT2D eigenvalue weighted by Crippen LogP contribution is 2.46. The smallest absolute Gasteiger partial charge is 0.317 e. The molecule has 1 aliphatic rings. The maximum absolute atomic E-state index is 13.2. The number of nitrogens with zero attached hydrogens (tertiary/aromatic N) is 2. The fourth-order valence-corrected chi connectivity index (χ4v) is 4.81. The number of hydrogen-bond acceptors (Lipinski definition) is 4. The Hall–Kier alpha value is -1.78. The summed E-state index contributed by atoms with van der Waals surface area (Å²) >= 11 is 11.8. The molecule has 1 saturated carbocycles. The quantitative estimate of drug-likeness (QED) is 0.748. The minimum Gasteiger partial charge on any atom is -0.317 e. The number of imidazole rings is 1. The van der Waals surface area contributed by atoms with Crippen LogP contribution in [0.1, 0.15) is 35.8 Å². The number of nitrogens with one attached hydrogen (secondary N) is 1. The molecule has 2 unspecified atom stereocenters. The Balaban J connectivity index is 1.85. The topological polar surface area (TPSA) is 81.1 Å². The molecule has 0 saturated heterocycles. The molecule has 28 heavy (non-hydrogen) atoms. The second-order valence-corrected chi connectivity index (χ2v) is 8.81. The molecule has 1 N–H and O–H groups in total. The van der Waals surface area contributed by atoms with E-state index in [1.165, 1.54) is 18.2 Å². The summed E-state index contributed by atoms with van der Waals surface area (Å²) in [6, 6.07) is 4.23. The van der Waals surface area contributed by atoms with Crippen LogP contribution in [0.3, 0.4) is 0 Å². The SMILES string of the molecule is O=C(NS(=O)(=O)c1cccc(Cl)c1)c1ncn(C2CCCC2C(F)(F)F)c1Cl. The van der Waals surface area contributed by atoms with E-state index in [4.69, 9.17) is 23.2 Å². The molecule has 0 aliphatic heterocycles. The van der Waals surface area contributed by atoms with Crippen LogP contribution in [-0.2, 0) is 10.0 Å². The highest BCUT2D eigenvalue weighted by atomic mass is 35.5. The van der Waals surface area contributed by atoms with Gasteiger partial charge in [0.2, 0.25) is 0 Å². The van der Waals surface area contributed by atoms with E-state index in [-0.39, 0.29) is 27.9 Å². The first-order chi connectivity index (χ1) is 13.0. The van der Waals surface area contributed by atoms with Crippen LogP contribution in [0.5, 0.6) is 0 Å². The summed E-state index contributed by atoms with van der Waals surface area (Å²) in [6.07, 6.45) is -2.85. The zero-order chi connectivity index (χ0) is 20.7. The minimum absolute atomic E-state index is 0.0483. The second-order valence-electron chi connectivity index (χ2n) is 6.33. The van der Waals surface area contributed by atoms with Crippen molar-refractivity contribution in [3.8, 4) is 0 Å². The molecular formula is C16H14Cl2F3N3O3S. The molecule has 0 spiro atoms. The van der Waals surface area contributed by atoms with E-state index < -0.39 is 39.8 Å². The summed E-state index contributed by atoms with van der Waals surface area (Å²) in [5, 5.41) is -0.197. The summed E-state index contributed by atoms with van der Waals surface area (Å²) in [4.78, 5) is 15.8. The molecule has 152 valence electrons. The molecule has 6 nitrogen and oxygen atoms in total. The normalized spacial score (nSPS) is 20.3. The molecule has 1 aromatic heterocycles. The van der Waals surface area contributed by atoms with E-state index >= 15 is 0 Å². The van der Waals surface area contributed by atoms with E-state index in [2.05, 4.69) is 4.98 Å². The van der Waals surface area contributed by atoms with Crippen molar-refractivity contribution in [1.82, 2.24) is 14.3 Å². The molecule has 0 radical (unpaired) electrons. The lowest BCUT2D eigenvalue weighted by atomic mass is 10.0. The molecule has 2 atom stereocenters. The van der Waals surface area contributed by atoms with Crippen molar-refractivity contribution in [2.45, 2.75) is 36.4 Å². The van der Waals surface area contributed by atoms with Crippen molar-refractivity contribution < 1.29 is 26.4 Å². The highest BCUT2D eigenvalue weighted by Gasteiger charge is 2.48. The predicted molar refractivity (Wildman–Crippen MR) is 95.8 cm³/mol. The molecular weight excluding hydrogens is 442 g/mol. The molecule has 0 bridgehead atoms. The van der Waals surface area contributed by atoms with E-state index in [1.807, 2.05) is 0 Å². The standard InChI is InChI=1S/C16H14Cl2F3N3O3S/c17-9-3-1-4-10(7-9)28(26,27)23-15(25)13-14(18)24(8-22-13)12-6-2-5-11(12)16(19,20)21/h1,3-4,7-8,11-12H,2,5-6H2,(H,23,25). The Morgan fingerprint density at radius 1 is 1.25 bits per heavy atom. The first kappa shape index (κ1) is 20.9. The van der Waals surface area contributed by atoms with Crippen LogP contribution in [0.25, 0.3) is 0 Å². The van der Waals surface area contributed by atoms with Crippen LogP contribution < -0.4 is 4.72 Å². The van der Waals surface area contributed by atoms with Crippen molar-refractivity contribution in [1.29, 1.82) is 0 Å². The summed E-state index contributed by atoms with van der Waals surface area (Å²) in [5.41, 5.74) is -0.472. The number of benzene rings is 1. The van der Waals surface area contributed by atoms with E-state index in [1.54, 1.807) is 4.72 Å². The average Bonchev–Trinajstić information content (AvgIpc) is 3.20. The van der Waals surface area contributed by atoms with Gasteiger partial charge in [-0.25, -0.2) is 18.1 Å². The van der Waals surface area contributed by atoms with Gasteiger partial charge >= 0.3 is 6.18 Å². The summed E-state index contributed by atoms with van der Waals surface area (Å²) < 4.78 is 67.1. The van der Waals surface area contributed by atoms with Crippen LogP contribution in [0, 0.1) is 5.92 Å². The van der Waals surface area contributed by atoms with Gasteiger partial charge in [-0.2, -0.15) is 13.2 Å². The lowest BCUT2D eigenvalue weighted by Crippen LogP contribution is -2.31. The first-order valence-electron chi connectivity index (χ1n) is 8.12. The van der Waals surface area contributed by atoms with E-state index in [9.17, 15) is 26.4 Å². The number of carbonyl (C=O) groups excluding carboxylic acids is 1. The zero-order valence-electron chi connectivity index (χ0n) is 14.1. The minimum atomic E-state index is -4.41. The molecule has 1 aromatic carbocycles. The van der Waals surface area contributed by atoms with Crippen molar-refractivity contribution in [3.63, 3.8) is 0 Å². The van der Waals surface area contributed by atoms with Crippen LogP contribution in [-0.4, -0.2) is 30.1 Å². The van der Waals surface area contributed by atoms with Gasteiger partial charge < -0.3 is 4.57 Å². The van der Waals surface area contributed by atoms with Crippen LogP contribution in [0.15, 0.2) is 35.5 Å². The van der Waals surface area contributed by atoms with E-state index in [0.29, 0.717) is 6.42 Å². The van der Waals surface area contributed by atoms with Crippen molar-refractivity contribution in [2.75, 3.05) is 0 Å². The molecule has 2 aromatic rings. The first-order valence-corrected chi connectivity index (χ1v) is 10.4. The largest absolute Gasteiger partial charge is 0.393 e. The van der Waals surface area contributed by atoms with Gasteiger partial charge in [0.05, 0.1) is 17.1 Å². The van der Waals surface area contributed by atoms with Crippen molar-refractivity contribution in [2.24, 2.45) is 5.92 Å². The van der Waals surface area contributed by atoms with Gasteiger partial charge in [-0.1, -0.05) is 35.7 Å². The Morgan fingerprint density at radius 2 is 1.96 bits per heavy atom. The molecule has 1 heterocycles. The zero-order valence-corrected chi connectivity index (χ0v) is 16.4. The molecule has 1 aliphatic carbocycles. The van der Waals surface area contributed by atoms with Crippen LogP contribution in [0.2, 0.25) is 10.2 Å². The summed E-state index contributed by atoms with van der Waals surface area (Å²) in [6.45, 7) is 0. The number of rotatable bonds is 4. The monoisotopic (exact) mass is 455 g/mol. The number of aromatic nitrogens is 2. The third kappa shape index (κ3) is 4.13. The Bertz CT molecular complexity index is 1010. The van der Waals surface area contributed by atoms with E-state index in [0.717, 1.165) is 17.0 Å². The lowest BCUT2D eigenvalue weighted by Gasteiger charge is -2.24. The Kier molecular flexibility index (Phi) is 5.66. The summed E-state index contributed by atoms with van der Waals surface area (Å²) in [7, 11) is -4.26. The summed E-state index contributed by atoms with van der Waals surface area (Å²) in [5.74, 6) is -2.75. The second kappa shape index (κ2) is 7.57.